The molecule has 1 saturated heterocycles. The first-order valence-corrected chi connectivity index (χ1v) is 22.3. The first-order chi connectivity index (χ1) is 26.1. The molecule has 1 fully saturated rings. The molecule has 3 heterocycles. The lowest BCUT2D eigenvalue weighted by Gasteiger charge is -2.30. The van der Waals surface area contributed by atoms with Crippen molar-refractivity contribution in [2.45, 2.75) is 70.2 Å². The Labute approximate surface area is 323 Å². The topological polar surface area (TPSA) is 364 Å². The maximum atomic E-state index is 12.7. The lowest BCUT2D eigenvalue weighted by molar-refractivity contribution is -0.137. The fourth-order valence-corrected chi connectivity index (χ4v) is 9.04. The van der Waals surface area contributed by atoms with E-state index in [-0.39, 0.29) is 47.5 Å². The van der Waals surface area contributed by atoms with Gasteiger partial charge in [-0.05, 0) is 19.3 Å². The second kappa shape index (κ2) is 19.4. The Hall–Kier alpha value is -2.70. The van der Waals surface area contributed by atoms with Crippen LogP contribution in [0.1, 0.15) is 45.8 Å². The minimum absolute atomic E-state index is 0.0318. The minimum atomic E-state index is -5.57. The number of nitrogen functional groups attached to an aromatic ring is 1. The number of aliphatic hydroxyl groups is 2. The number of carbonyl (C=O) groups excluding carboxylic acids is 3. The number of nitrogens with one attached hydrogen (secondary N) is 2. The van der Waals surface area contributed by atoms with Gasteiger partial charge in [-0.2, -0.15) is 4.31 Å². The summed E-state index contributed by atoms with van der Waals surface area (Å²) < 4.78 is 62.1. The molecule has 0 aromatic carbocycles. The fraction of sp³-hybridized carbons (Fsp3) is 0.643. The van der Waals surface area contributed by atoms with Crippen molar-refractivity contribution in [3.05, 3.63) is 24.8 Å². The molecule has 2 aromatic heterocycles. The van der Waals surface area contributed by atoms with Crippen LogP contribution >= 0.6 is 35.2 Å². The highest BCUT2D eigenvalue weighted by atomic mass is 32.2. The van der Waals surface area contributed by atoms with Crippen LogP contribution < -0.4 is 16.4 Å². The van der Waals surface area contributed by atoms with Crippen LogP contribution in [0.15, 0.2) is 24.8 Å². The van der Waals surface area contributed by atoms with Crippen LogP contribution in [-0.4, -0.2) is 123 Å². The largest absolute Gasteiger partial charge is 0.481 e. The zero-order chi connectivity index (χ0) is 41.5. The molecule has 2 aromatic rings. The smallest absolute Gasteiger partial charge is 0.386 e. The Balaban J connectivity index is 1.23. The third-order valence-electron chi connectivity index (χ3n) is 8.30. The Morgan fingerprint density at radius 1 is 1.09 bits per heavy atom. The van der Waals surface area contributed by atoms with E-state index in [1.165, 1.54) is 13.8 Å². The first kappa shape index (κ1) is 46.0. The van der Waals surface area contributed by atoms with Crippen molar-refractivity contribution in [1.82, 2.24) is 30.2 Å². The van der Waals surface area contributed by atoms with E-state index in [1.54, 1.807) is 0 Å². The van der Waals surface area contributed by atoms with Gasteiger partial charge in [0.25, 0.3) is 0 Å². The Morgan fingerprint density at radius 3 is 2.48 bits per heavy atom. The summed E-state index contributed by atoms with van der Waals surface area (Å²) >= 11 is 1.13. The number of aromatic nitrogens is 4. The van der Waals surface area contributed by atoms with Crippen molar-refractivity contribution < 1.29 is 80.5 Å². The number of allylic oxidation sites excluding steroid dienone is 2. The van der Waals surface area contributed by atoms with Crippen molar-refractivity contribution in [2.75, 3.05) is 37.8 Å². The molecule has 0 spiro atoms. The maximum Gasteiger partial charge on any atom is 0.481 e. The van der Waals surface area contributed by atoms with Crippen LogP contribution in [0.5, 0.6) is 0 Å². The van der Waals surface area contributed by atoms with E-state index in [4.69, 9.17) is 19.5 Å². The van der Waals surface area contributed by atoms with Gasteiger partial charge in [0.1, 0.15) is 36.3 Å². The number of amides is 2. The summed E-state index contributed by atoms with van der Waals surface area (Å²) in [6.07, 6.45) is -0.309. The number of hydrogen-bond acceptors (Lipinski definition) is 18. The number of hydrogen-bond donors (Lipinski definition) is 9. The van der Waals surface area contributed by atoms with Gasteiger partial charge in [-0.1, -0.05) is 37.8 Å². The molecule has 1 aliphatic carbocycles. The molecule has 28 heteroatoms. The molecule has 10 N–H and O–H groups in total. The molecule has 0 saturated carbocycles. The predicted octanol–water partition coefficient (Wildman–Crippen LogP) is 0.0210. The number of carbonyl (C=O) groups is 3. The summed E-state index contributed by atoms with van der Waals surface area (Å²) in [7, 11) is -16.4. The number of rotatable bonds is 20. The third-order valence-corrected chi connectivity index (χ3v) is 12.4. The van der Waals surface area contributed by atoms with Gasteiger partial charge in [-0.25, -0.2) is 28.6 Å². The number of anilines is 1. The Bertz CT molecular complexity index is 1900. The molecule has 3 unspecified atom stereocenters. The van der Waals surface area contributed by atoms with E-state index in [9.17, 15) is 57.9 Å². The lowest BCUT2D eigenvalue weighted by Crippen LogP contribution is -2.46. The van der Waals surface area contributed by atoms with Crippen molar-refractivity contribution in [1.29, 1.82) is 0 Å². The van der Waals surface area contributed by atoms with E-state index >= 15 is 0 Å². The summed E-state index contributed by atoms with van der Waals surface area (Å²) in [5, 5.41) is 26.5. The van der Waals surface area contributed by atoms with Gasteiger partial charge < -0.3 is 50.9 Å². The van der Waals surface area contributed by atoms with Crippen molar-refractivity contribution >= 4 is 69.1 Å². The number of phosphoric acid groups is 3. The van der Waals surface area contributed by atoms with Crippen LogP contribution in [0.4, 0.5) is 5.82 Å². The monoisotopic (exact) mass is 875 g/mol. The van der Waals surface area contributed by atoms with Crippen LogP contribution in [-0.2, 0) is 50.7 Å². The number of nitrogens with two attached hydrogens (primary N) is 1. The molecule has 2 aliphatic rings. The molecule has 8 atom stereocenters. The average Bonchev–Trinajstić information content (AvgIpc) is 3.68. The van der Waals surface area contributed by atoms with Crippen molar-refractivity contribution in [2.24, 2.45) is 11.3 Å². The van der Waals surface area contributed by atoms with Crippen LogP contribution in [0, 0.1) is 11.3 Å². The number of thioether (sulfide) groups is 1. The quantitative estimate of drug-likeness (QED) is 0.0481. The standard InChI is InChI=1S/C28H44N7O17P3S/c1-28(2,22(38)25(39)31-9-8-18(36)30-10-11-56-27(40)16-6-4-3-5-7-16)13-49-55(46,47)52-54(44,45)48-12-17-21(51-53(41,42)43)20(37)26(50-17)35-15-34-19-23(29)32-14-33-24(19)35/h4,6,14-17,20-22,26,37-38H,3,5,7-13H2,1-2H3,(H,30,36)(H,31,39)(H,44,45)(H,46,47)(H2,29,32,33)(H2,41,42,43)/t16?,17-,20-,21-,22+,26-/m1/s1. The zero-order valence-electron chi connectivity index (χ0n) is 29.9. The van der Waals surface area contributed by atoms with Crippen molar-refractivity contribution in [3.8, 4) is 0 Å². The second-order valence-corrected chi connectivity index (χ2v) is 18.5. The van der Waals surface area contributed by atoms with E-state index in [1.807, 2.05) is 12.2 Å². The summed E-state index contributed by atoms with van der Waals surface area (Å²) in [4.78, 5) is 87.9. The third kappa shape index (κ3) is 13.2. The Kier molecular flexibility index (Phi) is 15.9. The van der Waals surface area contributed by atoms with Crippen LogP contribution in [0.3, 0.4) is 0 Å². The highest BCUT2D eigenvalue weighted by molar-refractivity contribution is 8.13. The molecule has 56 heavy (non-hydrogen) atoms. The molecule has 1 aliphatic heterocycles. The van der Waals surface area contributed by atoms with Gasteiger partial charge in [0, 0.05) is 36.6 Å². The molecular formula is C28H44N7O17P3S. The normalized spacial score (nSPS) is 24.3. The summed E-state index contributed by atoms with van der Waals surface area (Å²) in [5.74, 6) is -1.19. The van der Waals surface area contributed by atoms with Gasteiger partial charge in [0.15, 0.2) is 22.8 Å². The SMILES string of the molecule is CC(C)(COP(=O)(O)OP(=O)(O)OC[C@H]1O[C@@H](n2cnc3c(N)ncnc32)[C@H](O)[C@@H]1OP(=O)(O)O)[C@@H](O)C(=O)NCCC(=O)NCCSC(=O)C1C=CCCC1. The van der Waals surface area contributed by atoms with Gasteiger partial charge in [0.2, 0.25) is 11.8 Å². The van der Waals surface area contributed by atoms with Crippen molar-refractivity contribution in [3.63, 3.8) is 0 Å². The fourth-order valence-electron chi connectivity index (χ4n) is 5.40. The number of ether oxygens (including phenoxy) is 1. The number of imidazole rings is 1. The predicted molar refractivity (Wildman–Crippen MR) is 194 cm³/mol. The summed E-state index contributed by atoms with van der Waals surface area (Å²) in [6, 6.07) is 0. The summed E-state index contributed by atoms with van der Waals surface area (Å²) in [5.41, 5.74) is 4.27. The molecule has 4 rings (SSSR count). The van der Waals surface area contributed by atoms with Gasteiger partial charge in [-0.15, -0.1) is 0 Å². The molecule has 24 nitrogen and oxygen atoms in total. The molecule has 2 amide bonds. The molecule has 0 radical (unpaired) electrons. The van der Waals surface area contributed by atoms with E-state index in [0.29, 0.717) is 5.75 Å². The first-order valence-electron chi connectivity index (χ1n) is 16.8. The maximum absolute atomic E-state index is 12.7. The highest BCUT2D eigenvalue weighted by Gasteiger charge is 2.50. The zero-order valence-corrected chi connectivity index (χ0v) is 33.4. The number of nitrogens with zero attached hydrogens (tertiary/aromatic N) is 4. The number of phosphoric ester groups is 3. The summed E-state index contributed by atoms with van der Waals surface area (Å²) in [6.45, 7) is 0.537. The Morgan fingerprint density at radius 2 is 1.80 bits per heavy atom. The molecular weight excluding hydrogens is 831 g/mol. The average molecular weight is 876 g/mol. The van der Waals surface area contributed by atoms with Gasteiger partial charge in [0.05, 0.1) is 19.5 Å². The van der Waals surface area contributed by atoms with E-state index in [2.05, 4.69) is 34.4 Å². The second-order valence-electron chi connectivity index (χ2n) is 13.2. The molecule has 314 valence electrons. The highest BCUT2D eigenvalue weighted by Crippen LogP contribution is 2.61. The number of aliphatic hydroxyl groups excluding tert-OH is 2. The van der Waals surface area contributed by atoms with E-state index in [0.717, 1.165) is 48.2 Å². The molecule has 0 bridgehead atoms. The number of fused-ring (bicyclic) bond motifs is 1. The lowest BCUT2D eigenvalue weighted by atomic mass is 9.87. The van der Waals surface area contributed by atoms with Gasteiger partial charge >= 0.3 is 23.5 Å². The van der Waals surface area contributed by atoms with Gasteiger partial charge in [-0.3, -0.25) is 32.5 Å². The van der Waals surface area contributed by atoms with Crippen LogP contribution in [0.2, 0.25) is 0 Å². The minimum Gasteiger partial charge on any atom is -0.386 e. The van der Waals surface area contributed by atoms with Crippen LogP contribution in [0.25, 0.3) is 11.2 Å². The van der Waals surface area contributed by atoms with E-state index < -0.39 is 84.6 Å².